The maximum Gasteiger partial charge on any atom is 0.244 e. The lowest BCUT2D eigenvalue weighted by Crippen LogP contribution is -2.45. The van der Waals surface area contributed by atoms with Gasteiger partial charge in [0.05, 0.1) is 16.6 Å². The molecule has 0 saturated carbocycles. The van der Waals surface area contributed by atoms with Gasteiger partial charge in [-0.3, -0.25) is 19.6 Å². The van der Waals surface area contributed by atoms with Gasteiger partial charge in [-0.2, -0.15) is 0 Å². The van der Waals surface area contributed by atoms with Crippen LogP contribution < -0.4 is 10.2 Å². The van der Waals surface area contributed by atoms with Crippen LogP contribution in [0, 0.1) is 0 Å². The van der Waals surface area contributed by atoms with Crippen LogP contribution in [0.1, 0.15) is 19.4 Å². The van der Waals surface area contributed by atoms with Crippen molar-refractivity contribution >= 4 is 35.0 Å². The van der Waals surface area contributed by atoms with Gasteiger partial charge in [0.2, 0.25) is 17.0 Å². The number of hydrogen-bond acceptors (Lipinski definition) is 5. The molecule has 0 bridgehead atoms. The second-order valence-electron chi connectivity index (χ2n) is 6.77. The quantitative estimate of drug-likeness (QED) is 0.632. The van der Waals surface area contributed by atoms with Crippen LogP contribution in [0.5, 0.6) is 0 Å². The molecule has 3 aromatic rings. The highest BCUT2D eigenvalue weighted by atomic mass is 32.2. The van der Waals surface area contributed by atoms with E-state index in [2.05, 4.69) is 39.6 Å². The van der Waals surface area contributed by atoms with Crippen LogP contribution in [-0.4, -0.2) is 38.8 Å². The second-order valence-corrected chi connectivity index (χ2v) is 8.07. The summed E-state index contributed by atoms with van der Waals surface area (Å²) in [7, 11) is 0. The van der Waals surface area contributed by atoms with Crippen LogP contribution in [0.25, 0.3) is 11.4 Å². The molecule has 1 aliphatic rings. The van der Waals surface area contributed by atoms with Gasteiger partial charge in [0, 0.05) is 5.56 Å². The van der Waals surface area contributed by atoms with E-state index in [9.17, 15) is 9.59 Å². The third kappa shape index (κ3) is 4.02. The van der Waals surface area contributed by atoms with E-state index in [1.54, 1.807) is 13.0 Å². The third-order valence-electron chi connectivity index (χ3n) is 4.77. The zero-order valence-electron chi connectivity index (χ0n) is 16.2. The van der Waals surface area contributed by atoms with Gasteiger partial charge in [-0.25, -0.2) is 4.98 Å². The number of thioether (sulfide) groups is 1. The summed E-state index contributed by atoms with van der Waals surface area (Å²) in [6.45, 7) is 3.92. The number of benzene rings is 2. The molecule has 0 spiro atoms. The Hall–Kier alpha value is -3.13. The molecule has 7 nitrogen and oxygen atoms in total. The Kier molecular flexibility index (Phi) is 5.35. The fourth-order valence-corrected chi connectivity index (χ4v) is 3.97. The molecule has 29 heavy (non-hydrogen) atoms. The third-order valence-corrected chi connectivity index (χ3v) is 5.72. The summed E-state index contributed by atoms with van der Waals surface area (Å²) in [6.07, 6.45) is 0.981. The van der Waals surface area contributed by atoms with Crippen molar-refractivity contribution in [3.05, 3.63) is 54.1 Å². The number of H-pyrrole nitrogens is 1. The number of amides is 2. The van der Waals surface area contributed by atoms with Crippen molar-refractivity contribution in [3.8, 4) is 11.4 Å². The molecule has 2 N–H and O–H groups in total. The average molecular weight is 407 g/mol. The summed E-state index contributed by atoms with van der Waals surface area (Å²) in [5.74, 6) is 0.304. The second kappa shape index (κ2) is 8.08. The van der Waals surface area contributed by atoms with Crippen LogP contribution in [-0.2, 0) is 16.0 Å². The lowest BCUT2D eigenvalue weighted by molar-refractivity contribution is -0.121. The maximum absolute atomic E-state index is 13.0. The first kappa shape index (κ1) is 19.2. The number of aromatic amines is 1. The number of nitrogens with zero attached hydrogens (tertiary/aromatic N) is 3. The van der Waals surface area contributed by atoms with Gasteiger partial charge in [-0.15, -0.1) is 5.10 Å². The zero-order valence-corrected chi connectivity index (χ0v) is 17.0. The molecule has 2 heterocycles. The number of fused-ring (bicyclic) bond motifs is 1. The molecule has 0 radical (unpaired) electrons. The van der Waals surface area contributed by atoms with Crippen LogP contribution in [0.15, 0.2) is 53.7 Å². The van der Waals surface area contributed by atoms with Gasteiger partial charge in [0.15, 0.2) is 5.82 Å². The van der Waals surface area contributed by atoms with E-state index < -0.39 is 5.25 Å². The largest absolute Gasteiger partial charge is 0.323 e. The van der Waals surface area contributed by atoms with E-state index in [0.29, 0.717) is 22.4 Å². The van der Waals surface area contributed by atoms with Crippen molar-refractivity contribution in [3.63, 3.8) is 0 Å². The van der Waals surface area contributed by atoms with Crippen LogP contribution in [0.2, 0.25) is 0 Å². The number of aryl methyl sites for hydroxylation is 1. The van der Waals surface area contributed by atoms with E-state index in [0.717, 1.165) is 12.0 Å². The Balaban J connectivity index is 1.48. The Morgan fingerprint density at radius 3 is 2.72 bits per heavy atom. The van der Waals surface area contributed by atoms with Crippen molar-refractivity contribution in [2.75, 3.05) is 16.8 Å². The number of carbonyl (C=O) groups excluding carboxylic acids is 2. The fraction of sp³-hybridized carbons (Fsp3) is 0.238. The predicted octanol–water partition coefficient (Wildman–Crippen LogP) is 3.50. The average Bonchev–Trinajstić information content (AvgIpc) is 3.21. The molecule has 0 aliphatic carbocycles. The van der Waals surface area contributed by atoms with Crippen LogP contribution in [0.3, 0.4) is 0 Å². The van der Waals surface area contributed by atoms with Crippen molar-refractivity contribution in [1.29, 1.82) is 0 Å². The minimum absolute atomic E-state index is 0.00374. The Labute approximate surface area is 172 Å². The molecule has 0 fully saturated rings. The molecular weight excluding hydrogens is 386 g/mol. The minimum atomic E-state index is -0.444. The molecule has 2 aromatic carbocycles. The molecule has 1 aromatic heterocycles. The lowest BCUT2D eigenvalue weighted by atomic mass is 10.1. The summed E-state index contributed by atoms with van der Waals surface area (Å²) >= 11 is 1.27. The summed E-state index contributed by atoms with van der Waals surface area (Å²) in [6, 6.07) is 15.4. The first-order chi connectivity index (χ1) is 14.0. The van der Waals surface area contributed by atoms with Gasteiger partial charge < -0.3 is 5.32 Å². The SMILES string of the molecule is CCc1ccc(-c2nc(S[C@@H](C)C(=O)N3CC(=O)Nc4ccccc43)n[nH]2)cc1. The molecule has 0 unspecified atom stereocenters. The fourth-order valence-electron chi connectivity index (χ4n) is 3.18. The highest BCUT2D eigenvalue weighted by Gasteiger charge is 2.30. The first-order valence-electron chi connectivity index (χ1n) is 9.43. The normalized spacial score (nSPS) is 14.3. The monoisotopic (exact) mass is 407 g/mol. The Morgan fingerprint density at radius 1 is 1.21 bits per heavy atom. The summed E-state index contributed by atoms with van der Waals surface area (Å²) in [4.78, 5) is 31.0. The highest BCUT2D eigenvalue weighted by molar-refractivity contribution is 8.00. The summed E-state index contributed by atoms with van der Waals surface area (Å²) in [5.41, 5.74) is 3.55. The first-order valence-corrected chi connectivity index (χ1v) is 10.3. The Bertz CT molecular complexity index is 1050. The van der Waals surface area contributed by atoms with Gasteiger partial charge >= 0.3 is 0 Å². The topological polar surface area (TPSA) is 91.0 Å². The smallest absolute Gasteiger partial charge is 0.244 e. The van der Waals surface area contributed by atoms with Gasteiger partial charge in [0.1, 0.15) is 6.54 Å². The van der Waals surface area contributed by atoms with E-state index in [4.69, 9.17) is 0 Å². The van der Waals surface area contributed by atoms with E-state index in [1.807, 2.05) is 30.3 Å². The van der Waals surface area contributed by atoms with Crippen LogP contribution >= 0.6 is 11.8 Å². The number of anilines is 2. The number of nitrogens with one attached hydrogen (secondary N) is 2. The predicted molar refractivity (Wildman–Crippen MR) is 114 cm³/mol. The summed E-state index contributed by atoms with van der Waals surface area (Å²) in [5, 5.41) is 10.0. The maximum atomic E-state index is 13.0. The van der Waals surface area contributed by atoms with Crippen molar-refractivity contribution in [2.24, 2.45) is 0 Å². The minimum Gasteiger partial charge on any atom is -0.323 e. The van der Waals surface area contributed by atoms with Crippen LogP contribution in [0.4, 0.5) is 11.4 Å². The zero-order chi connectivity index (χ0) is 20.4. The number of rotatable bonds is 5. The molecule has 4 rings (SSSR count). The molecule has 1 aliphatic heterocycles. The summed E-state index contributed by atoms with van der Waals surface area (Å²) < 4.78 is 0. The molecule has 8 heteroatoms. The number of aromatic nitrogens is 3. The van der Waals surface area contributed by atoms with Crippen molar-refractivity contribution < 1.29 is 9.59 Å². The number of hydrogen-bond donors (Lipinski definition) is 2. The van der Waals surface area contributed by atoms with Crippen molar-refractivity contribution in [1.82, 2.24) is 15.2 Å². The molecule has 1 atom stereocenters. The lowest BCUT2D eigenvalue weighted by Gasteiger charge is -2.30. The van der Waals surface area contributed by atoms with Gasteiger partial charge in [0.25, 0.3) is 0 Å². The van der Waals surface area contributed by atoms with Crippen molar-refractivity contribution in [2.45, 2.75) is 30.7 Å². The standard InChI is InChI=1S/C21H21N5O2S/c1-3-14-8-10-15(11-9-14)19-23-21(25-24-19)29-13(2)20(28)26-12-18(27)22-16-6-4-5-7-17(16)26/h4-11,13H,3,12H2,1-2H3,(H,22,27)(H,23,24,25)/t13-/m0/s1. The number of para-hydroxylation sites is 2. The van der Waals surface area contributed by atoms with Gasteiger partial charge in [-0.05, 0) is 31.0 Å². The van der Waals surface area contributed by atoms with E-state index in [-0.39, 0.29) is 18.4 Å². The Morgan fingerprint density at radius 2 is 1.97 bits per heavy atom. The molecule has 0 saturated heterocycles. The molecular formula is C21H21N5O2S. The van der Waals surface area contributed by atoms with Gasteiger partial charge in [-0.1, -0.05) is 55.1 Å². The van der Waals surface area contributed by atoms with E-state index >= 15 is 0 Å². The highest BCUT2D eigenvalue weighted by Crippen LogP contribution is 2.32. The molecule has 2 amide bonds. The molecule has 148 valence electrons. The number of carbonyl (C=O) groups is 2. The van der Waals surface area contributed by atoms with E-state index in [1.165, 1.54) is 22.2 Å².